The van der Waals surface area contributed by atoms with Crippen molar-refractivity contribution >= 4 is 41.3 Å². The molecule has 1 unspecified atom stereocenters. The Morgan fingerprint density at radius 1 is 1.29 bits per heavy atom. The highest BCUT2D eigenvalue weighted by Crippen LogP contribution is 2.40. The Kier molecular flexibility index (Phi) is 11.6. The highest BCUT2D eigenvalue weighted by atomic mass is 35.5. The summed E-state index contributed by atoms with van der Waals surface area (Å²) in [6, 6.07) is 7.52. The Balaban J connectivity index is 0.000000312. The third kappa shape index (κ3) is 8.98. The number of aromatic nitrogens is 3. The lowest BCUT2D eigenvalue weighted by Crippen LogP contribution is -2.42. The predicted octanol–water partition coefficient (Wildman–Crippen LogP) is 6.42. The SMILES string of the molecule is CC(C)Cc1nc(N)c(C=N)c(-c2ccc3c(c2)OCC(=O)N3Cc2ncc(Cl)cn2)c1C#N.CC1CCCN(C(=O)OC(C)(C)C)C1. The second-order valence-electron chi connectivity index (χ2n) is 13.4. The van der Waals surface area contributed by atoms with Gasteiger partial charge in [-0.05, 0) is 69.6 Å². The van der Waals surface area contributed by atoms with Crippen LogP contribution in [0.5, 0.6) is 5.75 Å². The van der Waals surface area contributed by atoms with Crippen LogP contribution in [0, 0.1) is 28.6 Å². The third-order valence-corrected chi connectivity index (χ3v) is 7.87. The van der Waals surface area contributed by atoms with Gasteiger partial charge in [-0.15, -0.1) is 0 Å². The van der Waals surface area contributed by atoms with Crippen LogP contribution < -0.4 is 15.4 Å². The Bertz CT molecular complexity index is 1700. The summed E-state index contributed by atoms with van der Waals surface area (Å²) in [5.74, 6) is 1.73. The molecule has 3 N–H and O–H groups in total. The number of fused-ring (bicyclic) bond motifs is 1. The van der Waals surface area contributed by atoms with Crippen molar-refractivity contribution in [3.63, 3.8) is 0 Å². The molecule has 12 nitrogen and oxygen atoms in total. The van der Waals surface area contributed by atoms with Gasteiger partial charge in [0.15, 0.2) is 6.61 Å². The van der Waals surface area contributed by atoms with Crippen LogP contribution in [0.1, 0.15) is 77.0 Å². The number of benzene rings is 1. The monoisotopic (exact) mass is 674 g/mol. The molecule has 0 bridgehead atoms. The molecule has 0 radical (unpaired) electrons. The minimum atomic E-state index is -0.377. The van der Waals surface area contributed by atoms with Gasteiger partial charge in [0.2, 0.25) is 0 Å². The van der Waals surface area contributed by atoms with Gasteiger partial charge in [-0.2, -0.15) is 5.26 Å². The van der Waals surface area contributed by atoms with Crippen molar-refractivity contribution in [2.45, 2.75) is 73.0 Å². The van der Waals surface area contributed by atoms with Gasteiger partial charge in [-0.1, -0.05) is 38.4 Å². The molecule has 2 amide bonds. The molecule has 1 atom stereocenters. The van der Waals surface area contributed by atoms with Gasteiger partial charge in [0, 0.05) is 42.8 Å². The van der Waals surface area contributed by atoms with Crippen LogP contribution in [-0.4, -0.2) is 63.4 Å². The summed E-state index contributed by atoms with van der Waals surface area (Å²) in [6.07, 6.45) is 6.78. The first-order chi connectivity index (χ1) is 22.7. The lowest BCUT2D eigenvalue weighted by molar-refractivity contribution is -0.121. The average Bonchev–Trinajstić information content (AvgIpc) is 3.02. The second kappa shape index (κ2) is 15.4. The van der Waals surface area contributed by atoms with Gasteiger partial charge in [0.25, 0.3) is 5.91 Å². The van der Waals surface area contributed by atoms with Crippen molar-refractivity contribution in [1.29, 1.82) is 10.7 Å². The molecule has 0 spiro atoms. The molecular weight excluding hydrogens is 632 g/mol. The van der Waals surface area contributed by atoms with E-state index in [4.69, 9.17) is 32.2 Å². The van der Waals surface area contributed by atoms with E-state index in [1.807, 2.05) is 39.5 Å². The first-order valence-corrected chi connectivity index (χ1v) is 16.3. The van der Waals surface area contributed by atoms with Gasteiger partial charge in [0.1, 0.15) is 29.1 Å². The van der Waals surface area contributed by atoms with Crippen molar-refractivity contribution in [2.75, 3.05) is 30.3 Å². The summed E-state index contributed by atoms with van der Waals surface area (Å²) in [5.41, 5.74) is 8.84. The molecule has 13 heteroatoms. The summed E-state index contributed by atoms with van der Waals surface area (Å²) in [4.78, 5) is 40.4. The Morgan fingerprint density at radius 3 is 2.60 bits per heavy atom. The third-order valence-electron chi connectivity index (χ3n) is 7.67. The van der Waals surface area contributed by atoms with E-state index in [9.17, 15) is 14.9 Å². The maximum absolute atomic E-state index is 12.6. The van der Waals surface area contributed by atoms with E-state index in [-0.39, 0.29) is 42.5 Å². The predicted molar refractivity (Wildman–Crippen MR) is 185 cm³/mol. The maximum Gasteiger partial charge on any atom is 0.410 e. The number of anilines is 2. The molecule has 0 saturated carbocycles. The number of nitrogens with one attached hydrogen (secondary N) is 1. The number of ether oxygens (including phenoxy) is 2. The van der Waals surface area contributed by atoms with Gasteiger partial charge < -0.3 is 25.5 Å². The number of hydrogen-bond donors (Lipinski definition) is 2. The number of nitriles is 1. The summed E-state index contributed by atoms with van der Waals surface area (Å²) in [5, 5.41) is 18.3. The van der Waals surface area contributed by atoms with E-state index in [1.165, 1.54) is 18.8 Å². The normalized spacial score (nSPS) is 15.9. The molecular formula is C35H43ClN8O4. The highest BCUT2D eigenvalue weighted by Gasteiger charge is 2.29. The smallest absolute Gasteiger partial charge is 0.410 e. The molecule has 3 aromatic rings. The van der Waals surface area contributed by atoms with Gasteiger partial charge in [-0.3, -0.25) is 9.69 Å². The number of halogens is 1. The Hall–Kier alpha value is -4.76. The lowest BCUT2D eigenvalue weighted by atomic mass is 9.91. The minimum absolute atomic E-state index is 0.149. The highest BCUT2D eigenvalue weighted by molar-refractivity contribution is 6.30. The van der Waals surface area contributed by atoms with E-state index < -0.39 is 0 Å². The average molecular weight is 675 g/mol. The number of piperidine rings is 1. The molecule has 2 aliphatic heterocycles. The molecule has 1 fully saturated rings. The van der Waals surface area contributed by atoms with Crippen molar-refractivity contribution in [3.8, 4) is 22.9 Å². The van der Waals surface area contributed by atoms with E-state index in [0.29, 0.717) is 62.6 Å². The fourth-order valence-corrected chi connectivity index (χ4v) is 5.64. The van der Waals surface area contributed by atoms with E-state index in [2.05, 4.69) is 27.9 Å². The lowest BCUT2D eigenvalue weighted by Gasteiger charge is -2.32. The van der Waals surface area contributed by atoms with Crippen LogP contribution in [0.25, 0.3) is 11.1 Å². The summed E-state index contributed by atoms with van der Waals surface area (Å²) in [7, 11) is 0. The largest absolute Gasteiger partial charge is 0.482 e. The van der Waals surface area contributed by atoms with Crippen molar-refractivity contribution < 1.29 is 19.1 Å². The summed E-state index contributed by atoms with van der Waals surface area (Å²) in [6.45, 7) is 13.6. The summed E-state index contributed by atoms with van der Waals surface area (Å²) < 4.78 is 11.0. The molecule has 0 aliphatic carbocycles. The fraction of sp³-hybridized carbons (Fsp3) is 0.457. The molecule has 48 heavy (non-hydrogen) atoms. The van der Waals surface area contributed by atoms with Gasteiger partial charge in [0.05, 0.1) is 28.5 Å². The number of nitrogens with zero attached hydrogens (tertiary/aromatic N) is 6. The zero-order valence-electron chi connectivity index (χ0n) is 28.3. The molecule has 5 rings (SSSR count). The Labute approximate surface area is 286 Å². The first kappa shape index (κ1) is 36.1. The molecule has 1 saturated heterocycles. The zero-order chi connectivity index (χ0) is 35.2. The first-order valence-electron chi connectivity index (χ1n) is 16.0. The summed E-state index contributed by atoms with van der Waals surface area (Å²) >= 11 is 5.86. The number of carbonyl (C=O) groups excluding carboxylic acids is 2. The Morgan fingerprint density at radius 2 is 2.00 bits per heavy atom. The standard InChI is InChI=1S/C24H22ClN7O2.C11H21NO2/c1-13(2)5-18-16(7-26)23(17(8-27)24(28)31-18)14-3-4-19-20(6-14)34-12-22(33)32(19)11-21-29-9-15(25)10-30-21;1-9-6-5-7-12(8-9)10(13)14-11(2,3)4/h3-4,6,8-10,13,27H,5,11-12H2,1-2H3,(H2,28,31);9H,5-8H2,1-4H3. The molecule has 254 valence electrons. The number of carbonyl (C=O) groups is 2. The van der Waals surface area contributed by atoms with Crippen LogP contribution >= 0.6 is 11.6 Å². The van der Waals surface area contributed by atoms with Crippen LogP contribution in [-0.2, 0) is 22.5 Å². The number of hydrogen-bond acceptors (Lipinski definition) is 10. The van der Waals surface area contributed by atoms with Crippen molar-refractivity contribution in [2.24, 2.45) is 11.8 Å². The molecule has 2 aliphatic rings. The van der Waals surface area contributed by atoms with Crippen LogP contribution in [0.4, 0.5) is 16.3 Å². The van der Waals surface area contributed by atoms with Crippen LogP contribution in [0.2, 0.25) is 5.02 Å². The maximum atomic E-state index is 12.6. The van der Waals surface area contributed by atoms with Gasteiger partial charge in [-0.25, -0.2) is 19.7 Å². The van der Waals surface area contributed by atoms with E-state index >= 15 is 0 Å². The number of pyridine rings is 1. The van der Waals surface area contributed by atoms with Gasteiger partial charge >= 0.3 is 6.09 Å². The van der Waals surface area contributed by atoms with Crippen molar-refractivity contribution in [1.82, 2.24) is 19.9 Å². The molecule has 4 heterocycles. The number of rotatable bonds is 6. The second-order valence-corrected chi connectivity index (χ2v) is 13.8. The van der Waals surface area contributed by atoms with E-state index in [1.54, 1.807) is 23.1 Å². The van der Waals surface area contributed by atoms with Crippen LogP contribution in [0.3, 0.4) is 0 Å². The quantitative estimate of drug-likeness (QED) is 0.280. The molecule has 1 aromatic carbocycles. The number of nitrogens with two attached hydrogens (primary N) is 1. The minimum Gasteiger partial charge on any atom is -0.482 e. The van der Waals surface area contributed by atoms with Crippen LogP contribution in [0.15, 0.2) is 30.6 Å². The zero-order valence-corrected chi connectivity index (χ0v) is 29.1. The number of likely N-dealkylation sites (tertiary alicyclic amines) is 1. The number of nitrogen functional groups attached to an aromatic ring is 1. The fourth-order valence-electron chi connectivity index (χ4n) is 5.55. The topological polar surface area (TPSA) is 171 Å². The molecule has 2 aromatic heterocycles. The van der Waals surface area contributed by atoms with E-state index in [0.717, 1.165) is 25.7 Å². The number of amides is 2. The van der Waals surface area contributed by atoms with Crippen molar-refractivity contribution in [3.05, 3.63) is 58.3 Å².